The van der Waals surface area contributed by atoms with Crippen LogP contribution in [0.1, 0.15) is 55.8 Å². The molecule has 5 nitrogen and oxygen atoms in total. The molecule has 1 aromatic heterocycles. The fourth-order valence-electron chi connectivity index (χ4n) is 5.09. The van der Waals surface area contributed by atoms with Gasteiger partial charge in [0, 0.05) is 31.2 Å². The van der Waals surface area contributed by atoms with Crippen molar-refractivity contribution in [3.05, 3.63) is 17.5 Å². The number of carbonyl (C=O) groups excluding carboxylic acids is 1. The lowest BCUT2D eigenvalue weighted by molar-refractivity contribution is -0.146. The average molecular weight is 370 g/mol. The zero-order valence-electron chi connectivity index (χ0n) is 14.7. The van der Waals surface area contributed by atoms with Crippen LogP contribution >= 0.6 is 0 Å². The van der Waals surface area contributed by atoms with E-state index < -0.39 is 11.9 Å². The molecular weight excluding hydrogens is 345 g/mol. The predicted molar refractivity (Wildman–Crippen MR) is 89.4 cm³/mol. The van der Waals surface area contributed by atoms with Crippen molar-refractivity contribution < 1.29 is 18.0 Å². The van der Waals surface area contributed by atoms with Crippen molar-refractivity contribution in [2.24, 2.45) is 11.3 Å². The molecular formula is C18H25F3N4O. The van der Waals surface area contributed by atoms with Crippen molar-refractivity contribution in [1.29, 1.82) is 0 Å². The molecule has 0 bridgehead atoms. The molecule has 2 saturated heterocycles. The molecule has 4 rings (SSSR count). The Morgan fingerprint density at radius 2 is 2.12 bits per heavy atom. The van der Waals surface area contributed by atoms with Gasteiger partial charge in [0.2, 0.25) is 5.91 Å². The van der Waals surface area contributed by atoms with E-state index >= 15 is 0 Å². The predicted octanol–water partition coefficient (Wildman–Crippen LogP) is 2.91. The molecule has 3 atom stereocenters. The Morgan fingerprint density at radius 3 is 2.88 bits per heavy atom. The SMILES string of the molecule is O=C(N1CCCC(c2cc(C(F)(F)F)n[nH]2)C1)[C@@]12CCCC[C@H]1CNC2. The number of fused-ring (bicyclic) bond motifs is 1. The van der Waals surface area contributed by atoms with E-state index in [4.69, 9.17) is 0 Å². The Morgan fingerprint density at radius 1 is 1.27 bits per heavy atom. The zero-order chi connectivity index (χ0) is 18.4. The van der Waals surface area contributed by atoms with Crippen LogP contribution in [0.25, 0.3) is 0 Å². The Hall–Kier alpha value is -1.57. The van der Waals surface area contributed by atoms with E-state index in [1.165, 1.54) is 6.42 Å². The van der Waals surface area contributed by atoms with Crippen LogP contribution in [-0.2, 0) is 11.0 Å². The number of likely N-dealkylation sites (tertiary alicyclic amines) is 1. The van der Waals surface area contributed by atoms with Crippen molar-refractivity contribution in [2.45, 2.75) is 50.6 Å². The van der Waals surface area contributed by atoms with Gasteiger partial charge >= 0.3 is 6.18 Å². The summed E-state index contributed by atoms with van der Waals surface area (Å²) in [6.07, 6.45) is 1.42. The van der Waals surface area contributed by atoms with Crippen molar-refractivity contribution >= 4 is 5.91 Å². The molecule has 3 fully saturated rings. The molecule has 2 aliphatic heterocycles. The number of hydrogen-bond donors (Lipinski definition) is 2. The van der Waals surface area contributed by atoms with Gasteiger partial charge in [-0.15, -0.1) is 0 Å². The maximum Gasteiger partial charge on any atom is 0.435 e. The van der Waals surface area contributed by atoms with Gasteiger partial charge in [-0.2, -0.15) is 18.3 Å². The Kier molecular flexibility index (Phi) is 4.49. The first-order chi connectivity index (χ1) is 12.4. The van der Waals surface area contributed by atoms with Gasteiger partial charge < -0.3 is 10.2 Å². The maximum absolute atomic E-state index is 13.4. The number of alkyl halides is 3. The minimum Gasteiger partial charge on any atom is -0.341 e. The third kappa shape index (κ3) is 3.02. The van der Waals surface area contributed by atoms with Gasteiger partial charge in [-0.3, -0.25) is 9.89 Å². The second kappa shape index (κ2) is 6.55. The summed E-state index contributed by atoms with van der Waals surface area (Å²) in [5.74, 6) is 0.490. The number of nitrogens with zero attached hydrogens (tertiary/aromatic N) is 2. The number of amides is 1. The van der Waals surface area contributed by atoms with Crippen LogP contribution in [-0.4, -0.2) is 47.2 Å². The van der Waals surface area contributed by atoms with Gasteiger partial charge in [0.15, 0.2) is 5.69 Å². The largest absolute Gasteiger partial charge is 0.435 e. The van der Waals surface area contributed by atoms with E-state index in [1.807, 2.05) is 4.90 Å². The van der Waals surface area contributed by atoms with Crippen LogP contribution < -0.4 is 5.32 Å². The molecule has 0 aromatic carbocycles. The van der Waals surface area contributed by atoms with E-state index in [0.29, 0.717) is 24.7 Å². The standard InChI is InChI=1S/C18H25F3N4O/c19-18(20,21)15-8-14(23-24-15)12-4-3-7-25(10-12)16(26)17-6-2-1-5-13(17)9-22-11-17/h8,12-13,22H,1-7,9-11H2,(H,23,24)/t12?,13-,17+/m0/s1. The van der Waals surface area contributed by atoms with Gasteiger partial charge in [-0.05, 0) is 44.2 Å². The summed E-state index contributed by atoms with van der Waals surface area (Å²) in [5.41, 5.74) is -0.704. The zero-order valence-corrected chi connectivity index (χ0v) is 14.7. The molecule has 1 saturated carbocycles. The quantitative estimate of drug-likeness (QED) is 0.842. The molecule has 144 valence electrons. The first-order valence-electron chi connectivity index (χ1n) is 9.53. The summed E-state index contributed by atoms with van der Waals surface area (Å²) in [6.45, 7) is 2.81. The monoisotopic (exact) mass is 370 g/mol. The Bertz CT molecular complexity index is 674. The third-order valence-electron chi connectivity index (χ3n) is 6.50. The number of H-pyrrole nitrogens is 1. The molecule has 0 radical (unpaired) electrons. The molecule has 2 N–H and O–H groups in total. The smallest absolute Gasteiger partial charge is 0.341 e. The molecule has 1 aliphatic carbocycles. The highest BCUT2D eigenvalue weighted by atomic mass is 19.4. The number of aromatic nitrogens is 2. The lowest BCUT2D eigenvalue weighted by Crippen LogP contribution is -2.52. The third-order valence-corrected chi connectivity index (χ3v) is 6.50. The van der Waals surface area contributed by atoms with Crippen LogP contribution in [0.15, 0.2) is 6.07 Å². The number of piperidine rings is 1. The highest BCUT2D eigenvalue weighted by Crippen LogP contribution is 2.46. The summed E-state index contributed by atoms with van der Waals surface area (Å²) in [5, 5.41) is 9.36. The van der Waals surface area contributed by atoms with Crippen LogP contribution in [0, 0.1) is 11.3 Å². The number of halogens is 3. The molecule has 1 amide bonds. The van der Waals surface area contributed by atoms with E-state index in [2.05, 4.69) is 15.5 Å². The summed E-state index contributed by atoms with van der Waals surface area (Å²) >= 11 is 0. The van der Waals surface area contributed by atoms with E-state index in [-0.39, 0.29) is 17.2 Å². The maximum atomic E-state index is 13.4. The topological polar surface area (TPSA) is 61.0 Å². The normalized spacial score (nSPS) is 32.5. The number of nitrogens with one attached hydrogen (secondary N) is 2. The minimum atomic E-state index is -4.44. The summed E-state index contributed by atoms with van der Waals surface area (Å²) in [7, 11) is 0. The second-order valence-electron chi connectivity index (χ2n) is 8.03. The van der Waals surface area contributed by atoms with Crippen molar-refractivity contribution in [3.63, 3.8) is 0 Å². The van der Waals surface area contributed by atoms with Crippen molar-refractivity contribution in [1.82, 2.24) is 20.4 Å². The molecule has 1 aromatic rings. The van der Waals surface area contributed by atoms with Crippen molar-refractivity contribution in [2.75, 3.05) is 26.2 Å². The second-order valence-corrected chi connectivity index (χ2v) is 8.03. The fraction of sp³-hybridized carbons (Fsp3) is 0.778. The lowest BCUT2D eigenvalue weighted by Gasteiger charge is -2.43. The van der Waals surface area contributed by atoms with Crippen LogP contribution in [0.4, 0.5) is 13.2 Å². The fourth-order valence-corrected chi connectivity index (χ4v) is 5.09. The van der Waals surface area contributed by atoms with E-state index in [9.17, 15) is 18.0 Å². The molecule has 26 heavy (non-hydrogen) atoms. The number of carbonyl (C=O) groups is 1. The summed E-state index contributed by atoms with van der Waals surface area (Å²) in [4.78, 5) is 15.3. The van der Waals surface area contributed by atoms with Gasteiger partial charge in [-0.25, -0.2) is 0 Å². The Labute approximate surface area is 150 Å². The van der Waals surface area contributed by atoms with Crippen LogP contribution in [0.5, 0.6) is 0 Å². The van der Waals surface area contributed by atoms with E-state index in [1.54, 1.807) is 0 Å². The van der Waals surface area contributed by atoms with Crippen LogP contribution in [0.3, 0.4) is 0 Å². The first kappa shape index (κ1) is 17.8. The average Bonchev–Trinajstić information content (AvgIpc) is 3.28. The van der Waals surface area contributed by atoms with Gasteiger partial charge in [0.1, 0.15) is 0 Å². The molecule has 0 spiro atoms. The summed E-state index contributed by atoms with van der Waals surface area (Å²) in [6, 6.07) is 1.09. The number of aromatic amines is 1. The van der Waals surface area contributed by atoms with Crippen LogP contribution in [0.2, 0.25) is 0 Å². The highest BCUT2D eigenvalue weighted by Gasteiger charge is 2.51. The molecule has 3 heterocycles. The number of rotatable bonds is 2. The molecule has 8 heteroatoms. The summed E-state index contributed by atoms with van der Waals surface area (Å²) < 4.78 is 38.4. The van der Waals surface area contributed by atoms with E-state index in [0.717, 1.165) is 51.3 Å². The van der Waals surface area contributed by atoms with Gasteiger partial charge in [0.25, 0.3) is 0 Å². The molecule has 3 aliphatic rings. The minimum absolute atomic E-state index is 0.107. The molecule has 1 unspecified atom stereocenters. The van der Waals surface area contributed by atoms with Gasteiger partial charge in [-0.1, -0.05) is 12.8 Å². The highest BCUT2D eigenvalue weighted by molar-refractivity contribution is 5.84. The van der Waals surface area contributed by atoms with Crippen molar-refractivity contribution in [3.8, 4) is 0 Å². The van der Waals surface area contributed by atoms with Gasteiger partial charge in [0.05, 0.1) is 5.41 Å². The lowest BCUT2D eigenvalue weighted by atomic mass is 9.67. The first-order valence-corrected chi connectivity index (χ1v) is 9.53. The Balaban J connectivity index is 1.50. The number of hydrogen-bond acceptors (Lipinski definition) is 3.